The molecule has 5 nitrogen and oxygen atoms in total. The third kappa shape index (κ3) is 7.07. The molecule has 0 saturated carbocycles. The van der Waals surface area contributed by atoms with Gasteiger partial charge in [-0.2, -0.15) is 6.07 Å². The van der Waals surface area contributed by atoms with E-state index >= 15 is 0 Å². The molecule has 0 radical (unpaired) electrons. The number of fused-ring (bicyclic) bond motifs is 1. The van der Waals surface area contributed by atoms with Crippen molar-refractivity contribution in [3.8, 4) is 11.5 Å². The van der Waals surface area contributed by atoms with Gasteiger partial charge in [0.25, 0.3) is 0 Å². The first kappa shape index (κ1) is 26.9. The second-order valence-corrected chi connectivity index (χ2v) is 4.99. The summed E-state index contributed by atoms with van der Waals surface area (Å²) in [5.74, 6) is 1.25. The number of ether oxygens (including phenoxy) is 3. The fourth-order valence-corrected chi connectivity index (χ4v) is 1.45. The number of rotatable bonds is 1. The number of benzene rings is 1. The third-order valence-electron chi connectivity index (χ3n) is 2.32. The molecule has 0 spiro atoms. The Labute approximate surface area is 171 Å². The summed E-state index contributed by atoms with van der Waals surface area (Å²) in [4.78, 5) is 13.3. The van der Waals surface area contributed by atoms with E-state index in [2.05, 4.69) is 6.07 Å². The van der Waals surface area contributed by atoms with Crippen molar-refractivity contribution in [3.05, 3.63) is 18.2 Å². The van der Waals surface area contributed by atoms with E-state index in [9.17, 15) is 4.79 Å². The van der Waals surface area contributed by atoms with Crippen LogP contribution >= 0.6 is 0 Å². The largest absolute Gasteiger partial charge is 2.00 e. The zero-order valence-electron chi connectivity index (χ0n) is 13.4. The van der Waals surface area contributed by atoms with Gasteiger partial charge in [-0.15, -0.1) is 12.1 Å². The summed E-state index contributed by atoms with van der Waals surface area (Å²) in [6.45, 7) is 5.66. The molecule has 0 fully saturated rings. The van der Waals surface area contributed by atoms with Gasteiger partial charge in [-0.1, -0.05) is 5.69 Å². The Morgan fingerprint density at radius 3 is 2.36 bits per heavy atom. The van der Waals surface area contributed by atoms with Crippen LogP contribution in [-0.2, 0) is 4.74 Å². The van der Waals surface area contributed by atoms with E-state index in [-0.39, 0.29) is 73.5 Å². The molecule has 0 atom stereocenters. The van der Waals surface area contributed by atoms with Crippen molar-refractivity contribution in [2.24, 2.45) is 0 Å². The van der Waals surface area contributed by atoms with Crippen LogP contribution in [0.15, 0.2) is 12.1 Å². The van der Waals surface area contributed by atoms with Gasteiger partial charge in [-0.05, 0) is 20.8 Å². The van der Waals surface area contributed by atoms with Gasteiger partial charge < -0.3 is 43.9 Å². The minimum Gasteiger partial charge on any atom is -1.00 e. The number of halogens is 2. The number of anilines is 1. The Bertz CT molecular complexity index is 486. The fraction of sp³-hybridized carbons (Fsp3) is 0.462. The fourth-order valence-electron chi connectivity index (χ4n) is 1.45. The van der Waals surface area contributed by atoms with E-state index in [1.807, 2.05) is 20.8 Å². The summed E-state index contributed by atoms with van der Waals surface area (Å²) >= 11 is 0. The number of amides is 1. The van der Waals surface area contributed by atoms with Crippen LogP contribution in [0.4, 0.5) is 10.5 Å². The number of carbonyl (C=O) groups excluding carboxylic acids is 1. The topological polar surface area (TPSA) is 48.0 Å². The van der Waals surface area contributed by atoms with Crippen LogP contribution in [0, 0.1) is 6.07 Å². The summed E-state index contributed by atoms with van der Waals surface area (Å²) in [6, 6.07) is 6.31. The number of nitrogens with zero attached hydrogens (tertiary/aromatic N) is 1. The van der Waals surface area contributed by atoms with E-state index in [4.69, 9.17) is 14.2 Å². The van der Waals surface area contributed by atoms with E-state index in [0.29, 0.717) is 17.2 Å². The maximum atomic E-state index is 11.9. The zero-order chi connectivity index (χ0) is 13.3. The van der Waals surface area contributed by atoms with E-state index < -0.39 is 11.7 Å². The van der Waals surface area contributed by atoms with Gasteiger partial charge >= 0.3 is 48.0 Å². The average Bonchev–Trinajstić information content (AvgIpc) is 2.72. The zero-order valence-corrected chi connectivity index (χ0v) is 16.3. The Hall–Kier alpha value is 0.0336. The minimum atomic E-state index is -0.526. The number of carbonyl (C=O) groups is 1. The van der Waals surface area contributed by atoms with Gasteiger partial charge in [-0.25, -0.2) is 4.79 Å². The second kappa shape index (κ2) is 10.7. The van der Waals surface area contributed by atoms with Crippen LogP contribution in [0.2, 0.25) is 0 Å². The Balaban J connectivity index is -0.000000902. The third-order valence-corrected chi connectivity index (χ3v) is 2.32. The Morgan fingerprint density at radius 1 is 1.27 bits per heavy atom. The quantitative estimate of drug-likeness (QED) is 0.372. The predicted molar refractivity (Wildman–Crippen MR) is 71.8 cm³/mol. The first-order valence-electron chi connectivity index (χ1n) is 5.65. The summed E-state index contributed by atoms with van der Waals surface area (Å²) < 4.78 is 15.7. The first-order valence-corrected chi connectivity index (χ1v) is 5.65. The maximum Gasteiger partial charge on any atom is 2.00 e. The molecule has 0 N–H and O–H groups in total. The molecule has 0 aromatic heterocycles. The predicted octanol–water partition coefficient (Wildman–Crippen LogP) is -6.78. The van der Waals surface area contributed by atoms with Gasteiger partial charge in [0.2, 0.25) is 6.79 Å². The molecule has 2 rings (SSSR count). The van der Waals surface area contributed by atoms with Gasteiger partial charge in [0.15, 0.2) is 0 Å². The van der Waals surface area contributed by atoms with E-state index in [1.165, 1.54) is 4.90 Å². The molecule has 1 aromatic rings. The van der Waals surface area contributed by atoms with E-state index in [1.54, 1.807) is 19.2 Å². The Morgan fingerprint density at radius 2 is 1.82 bits per heavy atom. The van der Waals surface area contributed by atoms with Crippen LogP contribution in [0.5, 0.6) is 11.5 Å². The smallest absolute Gasteiger partial charge is 1.00 e. The maximum absolute atomic E-state index is 11.9. The van der Waals surface area contributed by atoms with E-state index in [0.717, 1.165) is 0 Å². The molecule has 114 valence electrons. The summed E-state index contributed by atoms with van der Waals surface area (Å²) in [7, 11) is 1.63. The van der Waals surface area contributed by atoms with Crippen molar-refractivity contribution in [3.63, 3.8) is 0 Å². The second-order valence-electron chi connectivity index (χ2n) is 4.99. The van der Waals surface area contributed by atoms with Gasteiger partial charge in [0.1, 0.15) is 5.60 Å². The molecule has 22 heavy (non-hydrogen) atoms. The van der Waals surface area contributed by atoms with Gasteiger partial charge in [-0.3, -0.25) is 0 Å². The van der Waals surface area contributed by atoms with Crippen molar-refractivity contribution in [1.29, 1.82) is 0 Å². The van der Waals surface area contributed by atoms with Crippen molar-refractivity contribution in [2.75, 3.05) is 18.7 Å². The van der Waals surface area contributed by atoms with Crippen molar-refractivity contribution in [1.82, 2.24) is 0 Å². The van der Waals surface area contributed by atoms with Crippen molar-refractivity contribution < 1.29 is 62.7 Å². The van der Waals surface area contributed by atoms with Crippen molar-refractivity contribution in [2.45, 2.75) is 26.4 Å². The molecule has 0 unspecified atom stereocenters. The molecule has 1 aromatic carbocycles. The van der Waals surface area contributed by atoms with Gasteiger partial charge in [0, 0.05) is 7.05 Å². The SMILES string of the molecule is CN(C(=O)OC(C)(C)C)c1[c-]cc2c(c1)OCO2.[Cl-].[Cl-].[Li+].[Mg+2]. The summed E-state index contributed by atoms with van der Waals surface area (Å²) in [6.07, 6.45) is -0.433. The molecule has 0 bridgehead atoms. The van der Waals surface area contributed by atoms with Gasteiger partial charge in [0.05, 0.1) is 11.5 Å². The van der Waals surface area contributed by atoms with Crippen molar-refractivity contribution >= 4 is 34.8 Å². The molecular formula is C13H16Cl2LiMgNO4. The number of hydrogen-bond donors (Lipinski definition) is 0. The molecule has 1 amide bonds. The summed E-state index contributed by atoms with van der Waals surface area (Å²) in [5, 5.41) is 0. The summed E-state index contributed by atoms with van der Waals surface area (Å²) in [5.41, 5.74) is 0.0512. The molecule has 1 aliphatic rings. The molecule has 1 heterocycles. The average molecular weight is 352 g/mol. The first-order chi connectivity index (χ1) is 8.37. The Kier molecular flexibility index (Phi) is 13.1. The van der Waals surface area contributed by atoms with Crippen LogP contribution in [0.1, 0.15) is 20.8 Å². The van der Waals surface area contributed by atoms with Crippen LogP contribution in [-0.4, -0.2) is 48.6 Å². The van der Waals surface area contributed by atoms with Crippen LogP contribution < -0.4 is 58.0 Å². The minimum absolute atomic E-state index is 0. The van der Waals surface area contributed by atoms with Crippen LogP contribution in [0.3, 0.4) is 0 Å². The van der Waals surface area contributed by atoms with Crippen LogP contribution in [0.25, 0.3) is 0 Å². The normalized spacial score (nSPS) is 10.9. The molecule has 0 aliphatic carbocycles. The number of hydrogen-bond acceptors (Lipinski definition) is 4. The molecular weight excluding hydrogens is 336 g/mol. The molecule has 9 heteroatoms. The standard InChI is InChI=1S/C13H16NO4.2ClH.Li.Mg/c1-13(2,3)18-12(15)14(4)9-5-6-10-11(7-9)17-8-16-10;;;;/h6-7H,8H2,1-4H3;2*1H;;/q-1;;;+1;+2/p-2. The molecule has 1 aliphatic heterocycles. The molecule has 0 saturated heterocycles. The monoisotopic (exact) mass is 351 g/mol.